The van der Waals surface area contributed by atoms with Crippen LogP contribution in [0.5, 0.6) is 0 Å². The van der Waals surface area contributed by atoms with Crippen molar-refractivity contribution in [2.24, 2.45) is 5.92 Å². The van der Waals surface area contributed by atoms with Gasteiger partial charge in [0.2, 0.25) is 5.95 Å². The van der Waals surface area contributed by atoms with Crippen molar-refractivity contribution in [3.63, 3.8) is 0 Å². The third kappa shape index (κ3) is 5.11. The molecule has 0 amide bonds. The van der Waals surface area contributed by atoms with Gasteiger partial charge in [-0.25, -0.2) is 14.6 Å². The van der Waals surface area contributed by atoms with E-state index in [1.165, 1.54) is 32.1 Å². The van der Waals surface area contributed by atoms with E-state index in [2.05, 4.69) is 44.3 Å². The average Bonchev–Trinajstić information content (AvgIpc) is 3.23. The molecule has 0 bridgehead atoms. The number of fused-ring (bicyclic) bond motifs is 1. The van der Waals surface area contributed by atoms with Gasteiger partial charge in [0.1, 0.15) is 11.5 Å². The van der Waals surface area contributed by atoms with Gasteiger partial charge < -0.3 is 15.5 Å². The normalized spacial score (nSPS) is 17.5. The quantitative estimate of drug-likeness (QED) is 0.502. The lowest BCUT2D eigenvalue weighted by atomic mass is 9.98. The molecule has 0 radical (unpaired) electrons. The molecule has 3 aromatic rings. The maximum absolute atomic E-state index is 5.05. The van der Waals surface area contributed by atoms with E-state index in [9.17, 15) is 0 Å². The van der Waals surface area contributed by atoms with Crippen LogP contribution in [0.3, 0.4) is 0 Å². The largest absolute Gasteiger partial charge is 0.357 e. The predicted octanol–water partition coefficient (Wildman–Crippen LogP) is 4.09. The van der Waals surface area contributed by atoms with E-state index in [0.717, 1.165) is 80.2 Å². The van der Waals surface area contributed by atoms with Crippen molar-refractivity contribution in [3.8, 4) is 11.3 Å². The lowest BCUT2D eigenvalue weighted by Crippen LogP contribution is -2.30. The number of rotatable bonds is 8. The molecule has 176 valence electrons. The first-order valence-corrected chi connectivity index (χ1v) is 12.7. The molecule has 5 rings (SSSR count). The molecule has 0 atom stereocenters. The number of piperidine rings is 2. The summed E-state index contributed by atoms with van der Waals surface area (Å²) in [7, 11) is 0. The van der Waals surface area contributed by atoms with Crippen LogP contribution in [0, 0.1) is 5.92 Å². The van der Waals surface area contributed by atoms with Crippen LogP contribution in [0.1, 0.15) is 51.9 Å². The van der Waals surface area contributed by atoms with Gasteiger partial charge in [-0.05, 0) is 69.7 Å². The second-order valence-corrected chi connectivity index (χ2v) is 9.39. The molecule has 2 aliphatic rings. The van der Waals surface area contributed by atoms with Crippen molar-refractivity contribution < 1.29 is 0 Å². The Labute approximate surface area is 196 Å². The van der Waals surface area contributed by atoms with Gasteiger partial charge in [0, 0.05) is 44.1 Å². The van der Waals surface area contributed by atoms with Crippen LogP contribution in [0.25, 0.3) is 22.3 Å². The molecule has 3 aromatic heterocycles. The van der Waals surface area contributed by atoms with E-state index in [0.29, 0.717) is 11.9 Å². The molecular weight excluding hydrogens is 412 g/mol. The monoisotopic (exact) mass is 448 g/mol. The van der Waals surface area contributed by atoms with Gasteiger partial charge in [-0.1, -0.05) is 13.3 Å². The second kappa shape index (κ2) is 10.5. The first kappa shape index (κ1) is 22.1. The smallest absolute Gasteiger partial charge is 0.224 e. The Hall–Kier alpha value is -2.74. The summed E-state index contributed by atoms with van der Waals surface area (Å²) in [5.41, 5.74) is 2.87. The van der Waals surface area contributed by atoms with Crippen LogP contribution in [-0.2, 0) is 6.54 Å². The number of pyridine rings is 1. The average molecular weight is 449 g/mol. The molecule has 0 aliphatic carbocycles. The summed E-state index contributed by atoms with van der Waals surface area (Å²) < 4.78 is 2.10. The lowest BCUT2D eigenvalue weighted by Gasteiger charge is -2.27. The molecule has 0 spiro atoms. The first-order valence-electron chi connectivity index (χ1n) is 12.7. The Bertz CT molecular complexity index is 1030. The standard InChI is InChI=1S/C25H36N8/c1-2-3-11-27-25-29-17-21-23(20-7-8-22(28-16-20)32-14-5-4-6-15-32)31-33(24(21)30-25)18-19-9-12-26-13-10-19/h7-8,16-17,19,26H,2-6,9-15,18H2,1H3,(H,27,29,30). The highest BCUT2D eigenvalue weighted by atomic mass is 15.3. The van der Waals surface area contributed by atoms with Crippen molar-refractivity contribution in [3.05, 3.63) is 24.5 Å². The molecule has 33 heavy (non-hydrogen) atoms. The van der Waals surface area contributed by atoms with Crippen molar-refractivity contribution in [1.29, 1.82) is 0 Å². The van der Waals surface area contributed by atoms with Gasteiger partial charge in [0.25, 0.3) is 0 Å². The van der Waals surface area contributed by atoms with Gasteiger partial charge in [-0.15, -0.1) is 0 Å². The highest BCUT2D eigenvalue weighted by Crippen LogP contribution is 2.29. The predicted molar refractivity (Wildman–Crippen MR) is 134 cm³/mol. The zero-order valence-electron chi connectivity index (χ0n) is 19.8. The molecule has 2 N–H and O–H groups in total. The van der Waals surface area contributed by atoms with E-state index in [1.807, 2.05) is 12.4 Å². The fourth-order valence-electron chi connectivity index (χ4n) is 4.91. The van der Waals surface area contributed by atoms with Gasteiger partial charge in [0.05, 0.1) is 5.39 Å². The highest BCUT2D eigenvalue weighted by molar-refractivity contribution is 5.91. The van der Waals surface area contributed by atoms with Crippen LogP contribution in [0.2, 0.25) is 0 Å². The second-order valence-electron chi connectivity index (χ2n) is 9.39. The maximum Gasteiger partial charge on any atom is 0.224 e. The molecule has 8 heteroatoms. The highest BCUT2D eigenvalue weighted by Gasteiger charge is 2.20. The summed E-state index contributed by atoms with van der Waals surface area (Å²) in [6.45, 7) is 8.33. The molecule has 0 aromatic carbocycles. The Balaban J connectivity index is 1.45. The van der Waals surface area contributed by atoms with E-state index in [-0.39, 0.29) is 0 Å². The Morgan fingerprint density at radius 1 is 1.06 bits per heavy atom. The molecule has 2 fully saturated rings. The van der Waals surface area contributed by atoms with Crippen LogP contribution in [0.4, 0.5) is 11.8 Å². The maximum atomic E-state index is 5.05. The Kier molecular flexibility index (Phi) is 7.00. The van der Waals surface area contributed by atoms with Crippen LogP contribution < -0.4 is 15.5 Å². The summed E-state index contributed by atoms with van der Waals surface area (Å²) in [5, 5.41) is 12.9. The number of hydrogen-bond donors (Lipinski definition) is 2. The summed E-state index contributed by atoms with van der Waals surface area (Å²) in [6, 6.07) is 4.29. The Morgan fingerprint density at radius 2 is 1.91 bits per heavy atom. The zero-order chi connectivity index (χ0) is 22.5. The van der Waals surface area contributed by atoms with E-state index >= 15 is 0 Å². The zero-order valence-corrected chi connectivity index (χ0v) is 19.8. The number of nitrogens with one attached hydrogen (secondary N) is 2. The SMILES string of the molecule is CCCCNc1ncc2c(-c3ccc(N4CCCCC4)nc3)nn(CC3CCNCC3)c2n1. The fraction of sp³-hybridized carbons (Fsp3) is 0.600. The Morgan fingerprint density at radius 3 is 2.67 bits per heavy atom. The summed E-state index contributed by atoms with van der Waals surface area (Å²) >= 11 is 0. The first-order chi connectivity index (χ1) is 16.3. The molecule has 0 saturated carbocycles. The van der Waals surface area contributed by atoms with Crippen molar-refractivity contribution in [2.75, 3.05) is 42.9 Å². The summed E-state index contributed by atoms with van der Waals surface area (Å²) in [5.74, 6) is 2.37. The van der Waals surface area contributed by atoms with Gasteiger partial charge in [-0.2, -0.15) is 10.1 Å². The molecule has 0 unspecified atom stereocenters. The van der Waals surface area contributed by atoms with Gasteiger partial charge in [-0.3, -0.25) is 0 Å². The van der Waals surface area contributed by atoms with Crippen LogP contribution in [0.15, 0.2) is 24.5 Å². The van der Waals surface area contributed by atoms with E-state index in [1.54, 1.807) is 0 Å². The van der Waals surface area contributed by atoms with E-state index < -0.39 is 0 Å². The van der Waals surface area contributed by atoms with Gasteiger partial charge >= 0.3 is 0 Å². The number of unbranched alkanes of at least 4 members (excludes halogenated alkanes) is 1. The lowest BCUT2D eigenvalue weighted by molar-refractivity contribution is 0.325. The molecule has 5 heterocycles. The van der Waals surface area contributed by atoms with Crippen LogP contribution in [-0.4, -0.2) is 57.5 Å². The number of aromatic nitrogens is 5. The molecule has 2 saturated heterocycles. The number of anilines is 2. The van der Waals surface area contributed by atoms with Crippen molar-refractivity contribution in [1.82, 2.24) is 30.0 Å². The van der Waals surface area contributed by atoms with E-state index in [4.69, 9.17) is 15.1 Å². The molecular formula is C25H36N8. The minimum absolute atomic E-state index is 0.619. The minimum atomic E-state index is 0.619. The number of nitrogens with zero attached hydrogens (tertiary/aromatic N) is 6. The topological polar surface area (TPSA) is 83.8 Å². The third-order valence-electron chi connectivity index (χ3n) is 6.89. The summed E-state index contributed by atoms with van der Waals surface area (Å²) in [6.07, 6.45) is 12.3. The fourth-order valence-corrected chi connectivity index (χ4v) is 4.91. The summed E-state index contributed by atoms with van der Waals surface area (Å²) in [4.78, 5) is 16.7. The minimum Gasteiger partial charge on any atom is -0.357 e. The molecule has 2 aliphatic heterocycles. The third-order valence-corrected chi connectivity index (χ3v) is 6.89. The van der Waals surface area contributed by atoms with Gasteiger partial charge in [0.15, 0.2) is 5.65 Å². The van der Waals surface area contributed by atoms with Crippen molar-refractivity contribution in [2.45, 2.75) is 58.4 Å². The number of hydrogen-bond acceptors (Lipinski definition) is 7. The van der Waals surface area contributed by atoms with Crippen LogP contribution >= 0.6 is 0 Å². The van der Waals surface area contributed by atoms with Crippen molar-refractivity contribution >= 4 is 22.8 Å². The molecule has 8 nitrogen and oxygen atoms in total.